The number of piperazine rings is 1. The fourth-order valence-corrected chi connectivity index (χ4v) is 1.55. The SMILES string of the molecule is CN1CC[N-]CC12CC2.[Y]. The standard InChI is InChI=1S/C7H13N2.Y/c1-9-5-4-8-6-7(9)2-3-7;/h2-6H2,1H3;/q-1;. The summed E-state index contributed by atoms with van der Waals surface area (Å²) in [5, 5.41) is 4.40. The van der Waals surface area contributed by atoms with Crippen molar-refractivity contribution in [2.24, 2.45) is 0 Å². The summed E-state index contributed by atoms with van der Waals surface area (Å²) in [6.45, 7) is 3.34. The summed E-state index contributed by atoms with van der Waals surface area (Å²) in [6.07, 6.45) is 2.76. The molecule has 0 amide bonds. The molecular weight excluding hydrogens is 201 g/mol. The van der Waals surface area contributed by atoms with Crippen LogP contribution in [0.25, 0.3) is 5.32 Å². The van der Waals surface area contributed by atoms with Gasteiger partial charge in [0.05, 0.1) is 0 Å². The van der Waals surface area contributed by atoms with Crippen molar-refractivity contribution in [2.75, 3.05) is 26.7 Å². The van der Waals surface area contributed by atoms with Crippen molar-refractivity contribution >= 4 is 0 Å². The molecule has 0 aromatic heterocycles. The van der Waals surface area contributed by atoms with E-state index in [2.05, 4.69) is 17.3 Å². The van der Waals surface area contributed by atoms with Crippen molar-refractivity contribution in [3.8, 4) is 0 Å². The van der Waals surface area contributed by atoms with E-state index in [-0.39, 0.29) is 32.7 Å². The fraction of sp³-hybridized carbons (Fsp3) is 1.00. The van der Waals surface area contributed by atoms with Gasteiger partial charge in [-0.1, -0.05) is 0 Å². The van der Waals surface area contributed by atoms with Gasteiger partial charge in [0, 0.05) is 38.2 Å². The van der Waals surface area contributed by atoms with Gasteiger partial charge in [0.2, 0.25) is 0 Å². The van der Waals surface area contributed by atoms with Crippen LogP contribution in [-0.4, -0.2) is 37.1 Å². The Morgan fingerprint density at radius 1 is 1.40 bits per heavy atom. The summed E-state index contributed by atoms with van der Waals surface area (Å²) >= 11 is 0. The molecule has 10 heavy (non-hydrogen) atoms. The van der Waals surface area contributed by atoms with Crippen molar-refractivity contribution in [2.45, 2.75) is 18.4 Å². The largest absolute Gasteiger partial charge is 0.660 e. The van der Waals surface area contributed by atoms with E-state index < -0.39 is 0 Å². The Hall–Kier alpha value is 1.02. The average molecular weight is 214 g/mol. The molecule has 1 saturated carbocycles. The van der Waals surface area contributed by atoms with Crippen LogP contribution in [0.5, 0.6) is 0 Å². The first-order valence-electron chi connectivity index (χ1n) is 3.68. The maximum atomic E-state index is 4.40. The van der Waals surface area contributed by atoms with Crippen LogP contribution >= 0.6 is 0 Å². The number of hydrogen-bond acceptors (Lipinski definition) is 1. The van der Waals surface area contributed by atoms with Gasteiger partial charge in [-0.3, -0.25) is 0 Å². The van der Waals surface area contributed by atoms with Gasteiger partial charge >= 0.3 is 0 Å². The van der Waals surface area contributed by atoms with E-state index in [9.17, 15) is 0 Å². The Kier molecular flexibility index (Phi) is 2.90. The molecule has 1 saturated heterocycles. The molecule has 1 spiro atoms. The van der Waals surface area contributed by atoms with Gasteiger partial charge in [0.1, 0.15) is 0 Å². The molecule has 2 aliphatic rings. The van der Waals surface area contributed by atoms with Crippen molar-refractivity contribution in [1.29, 1.82) is 0 Å². The second-order valence-electron chi connectivity index (χ2n) is 3.25. The molecule has 1 radical (unpaired) electrons. The molecule has 0 unspecified atom stereocenters. The molecule has 0 bridgehead atoms. The van der Waals surface area contributed by atoms with Crippen LogP contribution in [0.2, 0.25) is 0 Å². The minimum absolute atomic E-state index is 0. The summed E-state index contributed by atoms with van der Waals surface area (Å²) in [6, 6.07) is 0. The van der Waals surface area contributed by atoms with Crippen LogP contribution < -0.4 is 0 Å². The minimum atomic E-state index is 0. The van der Waals surface area contributed by atoms with Gasteiger partial charge in [-0.15, -0.1) is 13.1 Å². The van der Waals surface area contributed by atoms with Gasteiger partial charge in [0.25, 0.3) is 0 Å². The van der Waals surface area contributed by atoms with E-state index in [0.29, 0.717) is 5.54 Å². The first-order chi connectivity index (χ1) is 4.33. The van der Waals surface area contributed by atoms with E-state index >= 15 is 0 Å². The van der Waals surface area contributed by atoms with E-state index in [4.69, 9.17) is 0 Å². The molecule has 0 N–H and O–H groups in total. The molecule has 2 nitrogen and oxygen atoms in total. The summed E-state index contributed by atoms with van der Waals surface area (Å²) < 4.78 is 0. The van der Waals surface area contributed by atoms with Crippen LogP contribution in [0.4, 0.5) is 0 Å². The maximum Gasteiger partial charge on any atom is 0.00197 e. The summed E-state index contributed by atoms with van der Waals surface area (Å²) in [7, 11) is 2.22. The van der Waals surface area contributed by atoms with Crippen LogP contribution in [0.15, 0.2) is 0 Å². The third-order valence-electron chi connectivity index (χ3n) is 2.64. The summed E-state index contributed by atoms with van der Waals surface area (Å²) in [4.78, 5) is 2.47. The molecule has 0 atom stereocenters. The number of likely N-dealkylation sites (N-methyl/N-ethyl adjacent to an activating group) is 1. The number of hydrogen-bond donors (Lipinski definition) is 0. The number of rotatable bonds is 0. The predicted molar refractivity (Wildman–Crippen MR) is 37.7 cm³/mol. The first-order valence-corrected chi connectivity index (χ1v) is 3.68. The van der Waals surface area contributed by atoms with E-state index in [1.807, 2.05) is 0 Å². The molecule has 0 aromatic carbocycles. The average Bonchev–Trinajstić information content (AvgIpc) is 2.60. The predicted octanol–water partition coefficient (Wildman–Crippen LogP) is 0.836. The van der Waals surface area contributed by atoms with Crippen LogP contribution in [-0.2, 0) is 32.7 Å². The second kappa shape index (κ2) is 3.18. The van der Waals surface area contributed by atoms with Crippen molar-refractivity contribution in [3.63, 3.8) is 0 Å². The second-order valence-corrected chi connectivity index (χ2v) is 3.25. The number of nitrogens with zero attached hydrogens (tertiary/aromatic N) is 2. The molecule has 0 aromatic rings. The molecule has 55 valence electrons. The van der Waals surface area contributed by atoms with Crippen molar-refractivity contribution < 1.29 is 32.7 Å². The van der Waals surface area contributed by atoms with E-state index in [1.165, 1.54) is 19.4 Å². The zero-order valence-corrected chi connectivity index (χ0v) is 9.35. The van der Waals surface area contributed by atoms with Gasteiger partial charge in [0.15, 0.2) is 0 Å². The molecule has 2 fully saturated rings. The molecular formula is C7H13N2Y-. The topological polar surface area (TPSA) is 17.3 Å². The summed E-state index contributed by atoms with van der Waals surface area (Å²) in [5.74, 6) is 0. The van der Waals surface area contributed by atoms with E-state index in [1.54, 1.807) is 0 Å². The Bertz CT molecular complexity index is 123. The molecule has 1 aliphatic carbocycles. The van der Waals surface area contributed by atoms with E-state index in [0.717, 1.165) is 13.1 Å². The summed E-state index contributed by atoms with van der Waals surface area (Å²) in [5.41, 5.74) is 0.554. The molecule has 1 aliphatic heterocycles. The third kappa shape index (κ3) is 1.45. The molecule has 3 heteroatoms. The third-order valence-corrected chi connectivity index (χ3v) is 2.64. The zero-order valence-electron chi connectivity index (χ0n) is 6.51. The van der Waals surface area contributed by atoms with Crippen molar-refractivity contribution in [1.82, 2.24) is 4.90 Å². The Labute approximate surface area is 87.6 Å². The van der Waals surface area contributed by atoms with Gasteiger partial charge < -0.3 is 10.2 Å². The van der Waals surface area contributed by atoms with Gasteiger partial charge in [-0.25, -0.2) is 0 Å². The molecule has 2 rings (SSSR count). The quantitative estimate of drug-likeness (QED) is 0.584. The minimum Gasteiger partial charge on any atom is -0.660 e. The van der Waals surface area contributed by atoms with Gasteiger partial charge in [-0.05, 0) is 26.4 Å². The zero-order chi connectivity index (χ0) is 6.32. The first kappa shape index (κ1) is 9.11. The fourth-order valence-electron chi connectivity index (χ4n) is 1.55. The van der Waals surface area contributed by atoms with Crippen LogP contribution in [0.1, 0.15) is 12.8 Å². The Morgan fingerprint density at radius 2 is 2.10 bits per heavy atom. The van der Waals surface area contributed by atoms with Crippen LogP contribution in [0.3, 0.4) is 0 Å². The monoisotopic (exact) mass is 214 g/mol. The van der Waals surface area contributed by atoms with Crippen molar-refractivity contribution in [3.05, 3.63) is 5.32 Å². The maximum absolute atomic E-state index is 4.40. The smallest absolute Gasteiger partial charge is 0.00197 e. The molecule has 1 heterocycles. The Morgan fingerprint density at radius 3 is 2.50 bits per heavy atom. The normalized spacial score (nSPS) is 29.7. The Balaban J connectivity index is 0.000000500. The van der Waals surface area contributed by atoms with Gasteiger partial charge in [-0.2, -0.15) is 0 Å². The van der Waals surface area contributed by atoms with Crippen LogP contribution in [0, 0.1) is 0 Å².